The molecule has 3 rings (SSSR count). The van der Waals surface area contributed by atoms with Gasteiger partial charge in [0.1, 0.15) is 5.76 Å². The van der Waals surface area contributed by atoms with E-state index in [2.05, 4.69) is 10.4 Å². The van der Waals surface area contributed by atoms with E-state index in [-0.39, 0.29) is 6.03 Å². The molecule has 1 N–H and O–H groups in total. The van der Waals surface area contributed by atoms with Crippen molar-refractivity contribution < 1.29 is 9.21 Å². The first-order chi connectivity index (χ1) is 12.3. The highest BCUT2D eigenvalue weighted by Crippen LogP contribution is 2.10. The lowest BCUT2D eigenvalue weighted by molar-refractivity contribution is 0.187. The predicted molar refractivity (Wildman–Crippen MR) is 94.6 cm³/mol. The van der Waals surface area contributed by atoms with Crippen LogP contribution in [-0.2, 0) is 19.6 Å². The minimum atomic E-state index is -0.0966. The number of urea groups is 1. The van der Waals surface area contributed by atoms with E-state index in [1.54, 1.807) is 17.4 Å². The van der Waals surface area contributed by atoms with Crippen LogP contribution < -0.4 is 5.32 Å². The van der Waals surface area contributed by atoms with Crippen molar-refractivity contribution >= 4 is 6.03 Å². The van der Waals surface area contributed by atoms with Gasteiger partial charge in [0.15, 0.2) is 0 Å². The summed E-state index contributed by atoms with van der Waals surface area (Å²) in [5.41, 5.74) is 1.08. The summed E-state index contributed by atoms with van der Waals surface area (Å²) in [5.74, 6) is 0.766. The third-order valence-electron chi connectivity index (χ3n) is 3.83. The molecule has 0 aliphatic carbocycles. The van der Waals surface area contributed by atoms with Gasteiger partial charge < -0.3 is 14.6 Å². The number of aryl methyl sites for hydroxylation is 1. The lowest BCUT2D eigenvalue weighted by Gasteiger charge is -2.22. The molecule has 2 aromatic heterocycles. The normalized spacial score (nSPS) is 10.6. The number of benzene rings is 1. The summed E-state index contributed by atoms with van der Waals surface area (Å²) in [6, 6.07) is 15.5. The largest absolute Gasteiger partial charge is 0.467 e. The van der Waals surface area contributed by atoms with Gasteiger partial charge in [0.2, 0.25) is 0 Å². The first-order valence-electron chi connectivity index (χ1n) is 8.38. The van der Waals surface area contributed by atoms with Gasteiger partial charge in [-0.25, -0.2) is 4.79 Å². The van der Waals surface area contributed by atoms with E-state index in [0.29, 0.717) is 19.6 Å². The first kappa shape index (κ1) is 16.8. The highest BCUT2D eigenvalue weighted by molar-refractivity contribution is 5.74. The molecular weight excluding hydrogens is 316 g/mol. The summed E-state index contributed by atoms with van der Waals surface area (Å²) in [7, 11) is 0. The van der Waals surface area contributed by atoms with Gasteiger partial charge >= 0.3 is 6.03 Å². The third-order valence-corrected chi connectivity index (χ3v) is 3.83. The molecule has 130 valence electrons. The first-order valence-corrected chi connectivity index (χ1v) is 8.38. The summed E-state index contributed by atoms with van der Waals surface area (Å²) in [4.78, 5) is 14.3. The number of nitrogens with zero attached hydrogens (tertiary/aromatic N) is 3. The molecule has 3 aromatic rings. The Morgan fingerprint density at radius 1 is 1.12 bits per heavy atom. The van der Waals surface area contributed by atoms with Crippen LogP contribution in [0.3, 0.4) is 0 Å². The van der Waals surface area contributed by atoms with Crippen LogP contribution in [0.25, 0.3) is 0 Å². The van der Waals surface area contributed by atoms with Gasteiger partial charge in [-0.15, -0.1) is 0 Å². The van der Waals surface area contributed by atoms with Crippen molar-refractivity contribution in [2.24, 2.45) is 0 Å². The van der Waals surface area contributed by atoms with Gasteiger partial charge in [0.25, 0.3) is 0 Å². The van der Waals surface area contributed by atoms with E-state index in [4.69, 9.17) is 4.42 Å². The maximum absolute atomic E-state index is 12.6. The van der Waals surface area contributed by atoms with Crippen molar-refractivity contribution in [2.45, 2.75) is 26.1 Å². The summed E-state index contributed by atoms with van der Waals surface area (Å²) in [6.45, 7) is 2.35. The van der Waals surface area contributed by atoms with Crippen molar-refractivity contribution in [1.29, 1.82) is 0 Å². The van der Waals surface area contributed by atoms with Crippen LogP contribution in [0.4, 0.5) is 4.79 Å². The quantitative estimate of drug-likeness (QED) is 0.641. The minimum absolute atomic E-state index is 0.0966. The maximum Gasteiger partial charge on any atom is 0.318 e. The van der Waals surface area contributed by atoms with Crippen LogP contribution in [0.5, 0.6) is 0 Å². The molecule has 0 spiro atoms. The molecule has 0 radical (unpaired) electrons. The van der Waals surface area contributed by atoms with Crippen LogP contribution in [-0.4, -0.2) is 27.3 Å². The van der Waals surface area contributed by atoms with Gasteiger partial charge in [-0.05, 0) is 30.2 Å². The standard InChI is InChI=1S/C19H22N4O2/c24-19(20-10-5-12-23-13-6-11-21-23)22(16-18-9-4-14-25-18)15-17-7-2-1-3-8-17/h1-4,6-9,11,13-14H,5,10,12,15-16H2,(H,20,24). The van der Waals surface area contributed by atoms with Gasteiger partial charge in [0, 0.05) is 32.0 Å². The Kier molecular flexibility index (Phi) is 5.87. The zero-order valence-electron chi connectivity index (χ0n) is 14.0. The summed E-state index contributed by atoms with van der Waals surface area (Å²) < 4.78 is 7.25. The molecule has 0 saturated carbocycles. The predicted octanol–water partition coefficient (Wildman–Crippen LogP) is 3.28. The fourth-order valence-corrected chi connectivity index (χ4v) is 2.57. The zero-order valence-corrected chi connectivity index (χ0v) is 14.0. The van der Waals surface area contributed by atoms with Crippen molar-refractivity contribution in [3.8, 4) is 0 Å². The van der Waals surface area contributed by atoms with Crippen molar-refractivity contribution in [2.75, 3.05) is 6.54 Å². The van der Waals surface area contributed by atoms with Crippen LogP contribution in [0.1, 0.15) is 17.7 Å². The molecule has 2 amide bonds. The number of furan rings is 1. The Balaban J connectivity index is 1.54. The van der Waals surface area contributed by atoms with E-state index in [1.165, 1.54) is 0 Å². The maximum atomic E-state index is 12.6. The topological polar surface area (TPSA) is 63.3 Å². The number of carbonyl (C=O) groups excluding carboxylic acids is 1. The summed E-state index contributed by atoms with van der Waals surface area (Å²) >= 11 is 0. The van der Waals surface area contributed by atoms with Crippen LogP contribution >= 0.6 is 0 Å². The Hall–Kier alpha value is -3.02. The van der Waals surface area contributed by atoms with Crippen molar-refractivity contribution in [1.82, 2.24) is 20.0 Å². The monoisotopic (exact) mass is 338 g/mol. The molecule has 0 saturated heterocycles. The van der Waals surface area contributed by atoms with Gasteiger partial charge in [-0.2, -0.15) is 5.10 Å². The van der Waals surface area contributed by atoms with E-state index in [0.717, 1.165) is 24.3 Å². The number of amides is 2. The van der Waals surface area contributed by atoms with Crippen LogP contribution in [0.2, 0.25) is 0 Å². The molecule has 0 aliphatic rings. The Morgan fingerprint density at radius 3 is 2.72 bits per heavy atom. The average molecular weight is 338 g/mol. The molecule has 6 heteroatoms. The van der Waals surface area contributed by atoms with Crippen molar-refractivity contribution in [3.05, 3.63) is 78.5 Å². The highest BCUT2D eigenvalue weighted by atomic mass is 16.3. The fraction of sp³-hybridized carbons (Fsp3) is 0.263. The number of carbonyl (C=O) groups is 1. The molecule has 1 aromatic carbocycles. The molecular formula is C19H22N4O2. The average Bonchev–Trinajstić information content (AvgIpc) is 3.33. The molecule has 0 aliphatic heterocycles. The second-order valence-corrected chi connectivity index (χ2v) is 5.78. The lowest BCUT2D eigenvalue weighted by atomic mass is 10.2. The number of rotatable bonds is 8. The Morgan fingerprint density at radius 2 is 2.00 bits per heavy atom. The number of aromatic nitrogens is 2. The number of hydrogen-bond donors (Lipinski definition) is 1. The van der Waals surface area contributed by atoms with Crippen LogP contribution in [0.15, 0.2) is 71.6 Å². The van der Waals surface area contributed by atoms with Crippen molar-refractivity contribution in [3.63, 3.8) is 0 Å². The molecule has 0 bridgehead atoms. The lowest BCUT2D eigenvalue weighted by Crippen LogP contribution is -2.39. The molecule has 2 heterocycles. The van der Waals surface area contributed by atoms with Gasteiger partial charge in [-0.3, -0.25) is 4.68 Å². The molecule has 0 unspecified atom stereocenters. The summed E-state index contributed by atoms with van der Waals surface area (Å²) in [6.07, 6.45) is 6.12. The highest BCUT2D eigenvalue weighted by Gasteiger charge is 2.15. The molecule has 0 atom stereocenters. The van der Waals surface area contributed by atoms with Crippen LogP contribution in [0, 0.1) is 0 Å². The smallest absolute Gasteiger partial charge is 0.318 e. The SMILES string of the molecule is O=C(NCCCn1cccn1)N(Cc1ccccc1)Cc1ccco1. The van der Waals surface area contributed by atoms with Gasteiger partial charge in [-0.1, -0.05) is 30.3 Å². The van der Waals surface area contributed by atoms with E-state index in [9.17, 15) is 4.79 Å². The zero-order chi connectivity index (χ0) is 17.3. The van der Waals surface area contributed by atoms with E-state index >= 15 is 0 Å². The van der Waals surface area contributed by atoms with Gasteiger partial charge in [0.05, 0.1) is 12.8 Å². The molecule has 0 fully saturated rings. The Labute approximate surface area is 147 Å². The Bertz CT molecular complexity index is 739. The molecule has 6 nitrogen and oxygen atoms in total. The number of nitrogens with one attached hydrogen (secondary N) is 1. The summed E-state index contributed by atoms with van der Waals surface area (Å²) in [5, 5.41) is 7.14. The third kappa shape index (κ3) is 5.24. The fourth-order valence-electron chi connectivity index (χ4n) is 2.57. The second-order valence-electron chi connectivity index (χ2n) is 5.78. The van der Waals surface area contributed by atoms with E-state index in [1.807, 2.05) is 59.4 Å². The van der Waals surface area contributed by atoms with E-state index < -0.39 is 0 Å². The molecule has 25 heavy (non-hydrogen) atoms. The minimum Gasteiger partial charge on any atom is -0.467 e. The number of hydrogen-bond acceptors (Lipinski definition) is 3. The second kappa shape index (κ2) is 8.73.